The molecule has 0 saturated carbocycles. The standard InChI is InChI=1S/C28H25ClFIN6O2/c1-4-18-24-14-19(26(38)33-27-32-16-36(5-2)35-27)22(29)15-37(24)34-25(18)28(39-31,20-11-7-6-10-17(20)3)21-12-8-9-13-23(21)30/h6-16H,4-5H2,1-3H3,(H,33,35,38). The van der Waals surface area contributed by atoms with E-state index >= 15 is 4.39 Å². The second-order valence-electron chi connectivity index (χ2n) is 8.98. The van der Waals surface area contributed by atoms with Gasteiger partial charge in [0.05, 0.1) is 16.1 Å². The number of nitrogens with one attached hydrogen (secondary N) is 1. The van der Waals surface area contributed by atoms with Gasteiger partial charge >= 0.3 is 0 Å². The largest absolute Gasteiger partial charge is 0.293 e. The molecule has 39 heavy (non-hydrogen) atoms. The van der Waals surface area contributed by atoms with Gasteiger partial charge in [-0.1, -0.05) is 61.0 Å². The smallest absolute Gasteiger partial charge is 0.259 e. The van der Waals surface area contributed by atoms with E-state index in [1.165, 1.54) is 12.4 Å². The zero-order valence-electron chi connectivity index (χ0n) is 21.5. The summed E-state index contributed by atoms with van der Waals surface area (Å²) in [6, 6.07) is 15.9. The van der Waals surface area contributed by atoms with E-state index in [2.05, 4.69) is 15.4 Å². The molecule has 1 unspecified atom stereocenters. The fraction of sp³-hybridized carbons (Fsp3) is 0.214. The zero-order valence-corrected chi connectivity index (χ0v) is 24.4. The molecule has 3 aromatic heterocycles. The number of aromatic nitrogens is 5. The predicted octanol–water partition coefficient (Wildman–Crippen LogP) is 6.52. The molecule has 0 bridgehead atoms. The van der Waals surface area contributed by atoms with Crippen LogP contribution in [0.1, 0.15) is 52.2 Å². The van der Waals surface area contributed by atoms with Crippen molar-refractivity contribution in [1.29, 1.82) is 0 Å². The molecular weight excluding hydrogens is 634 g/mol. The molecule has 0 spiro atoms. The molecule has 0 aliphatic rings. The number of anilines is 1. The van der Waals surface area contributed by atoms with Crippen molar-refractivity contribution in [1.82, 2.24) is 24.4 Å². The second-order valence-corrected chi connectivity index (χ2v) is 9.82. The number of fused-ring (bicyclic) bond motifs is 1. The molecule has 0 aliphatic heterocycles. The second kappa shape index (κ2) is 11.0. The van der Waals surface area contributed by atoms with Gasteiger partial charge in [-0.15, -0.1) is 5.10 Å². The molecule has 3 heterocycles. The molecule has 0 aliphatic carbocycles. The molecule has 2 aromatic carbocycles. The highest BCUT2D eigenvalue weighted by Gasteiger charge is 2.45. The third kappa shape index (κ3) is 4.70. The Bertz CT molecular complexity index is 1640. The lowest BCUT2D eigenvalue weighted by molar-refractivity contribution is 0.102. The molecule has 5 aromatic rings. The van der Waals surface area contributed by atoms with Crippen molar-refractivity contribution < 1.29 is 12.3 Å². The number of pyridine rings is 1. The summed E-state index contributed by atoms with van der Waals surface area (Å²) in [7, 11) is 0. The topological polar surface area (TPSA) is 86.3 Å². The van der Waals surface area contributed by atoms with Gasteiger partial charge in [0.2, 0.25) is 5.95 Å². The molecule has 200 valence electrons. The van der Waals surface area contributed by atoms with E-state index in [0.717, 1.165) is 16.7 Å². The number of benzene rings is 2. The number of rotatable bonds is 8. The number of carbonyl (C=O) groups excluding carboxylic acids is 1. The summed E-state index contributed by atoms with van der Waals surface area (Å²) in [6.07, 6.45) is 3.65. The Morgan fingerprint density at radius 3 is 2.49 bits per heavy atom. The monoisotopic (exact) mass is 658 g/mol. The summed E-state index contributed by atoms with van der Waals surface area (Å²) in [5.74, 6) is -0.696. The van der Waals surface area contributed by atoms with Crippen molar-refractivity contribution in [3.63, 3.8) is 0 Å². The lowest BCUT2D eigenvalue weighted by Gasteiger charge is -2.33. The van der Waals surface area contributed by atoms with Crippen molar-refractivity contribution in [2.24, 2.45) is 0 Å². The lowest BCUT2D eigenvalue weighted by Crippen LogP contribution is -2.33. The van der Waals surface area contributed by atoms with Gasteiger partial charge in [-0.05, 0) is 43.5 Å². The number of hydrogen-bond donors (Lipinski definition) is 1. The van der Waals surface area contributed by atoms with Gasteiger partial charge in [-0.3, -0.25) is 17.9 Å². The molecule has 1 amide bonds. The average Bonchev–Trinajstić information content (AvgIpc) is 3.54. The van der Waals surface area contributed by atoms with E-state index in [1.54, 1.807) is 39.7 Å². The van der Waals surface area contributed by atoms with Crippen LogP contribution in [-0.2, 0) is 21.6 Å². The first-order valence-corrected chi connectivity index (χ1v) is 13.6. The number of aryl methyl sites for hydroxylation is 3. The van der Waals surface area contributed by atoms with Crippen LogP contribution in [0.15, 0.2) is 67.1 Å². The van der Waals surface area contributed by atoms with E-state index in [0.29, 0.717) is 29.7 Å². The van der Waals surface area contributed by atoms with Crippen LogP contribution < -0.4 is 5.32 Å². The quantitative estimate of drug-likeness (QED) is 0.192. The van der Waals surface area contributed by atoms with Crippen LogP contribution in [-0.4, -0.2) is 30.3 Å². The van der Waals surface area contributed by atoms with Crippen molar-refractivity contribution >= 4 is 52.0 Å². The van der Waals surface area contributed by atoms with Crippen LogP contribution in [0.4, 0.5) is 10.3 Å². The Kier molecular flexibility index (Phi) is 7.70. The van der Waals surface area contributed by atoms with Crippen molar-refractivity contribution in [2.75, 3.05) is 5.32 Å². The van der Waals surface area contributed by atoms with Crippen LogP contribution in [0.3, 0.4) is 0 Å². The summed E-state index contributed by atoms with van der Waals surface area (Å²) >= 11 is 8.40. The molecular formula is C28H25ClFIN6O2. The molecule has 0 saturated heterocycles. The van der Waals surface area contributed by atoms with Gasteiger partial charge in [0.1, 0.15) is 40.8 Å². The van der Waals surface area contributed by atoms with Crippen molar-refractivity contribution in [3.05, 3.63) is 111 Å². The number of nitrogens with zero attached hydrogens (tertiary/aromatic N) is 5. The van der Waals surface area contributed by atoms with E-state index in [-0.39, 0.29) is 16.5 Å². The third-order valence-electron chi connectivity index (χ3n) is 6.73. The summed E-state index contributed by atoms with van der Waals surface area (Å²) in [5, 5.41) is 12.0. The van der Waals surface area contributed by atoms with Crippen LogP contribution >= 0.6 is 34.6 Å². The van der Waals surface area contributed by atoms with Gasteiger partial charge in [0, 0.05) is 23.9 Å². The fourth-order valence-electron chi connectivity index (χ4n) is 4.83. The molecule has 0 fully saturated rings. The number of hydrogen-bond acceptors (Lipinski definition) is 5. The summed E-state index contributed by atoms with van der Waals surface area (Å²) in [6.45, 7) is 6.48. The van der Waals surface area contributed by atoms with Crippen LogP contribution in [0, 0.1) is 12.7 Å². The van der Waals surface area contributed by atoms with Crippen molar-refractivity contribution in [3.8, 4) is 0 Å². The first-order valence-electron chi connectivity index (χ1n) is 12.4. The SMILES string of the molecule is CCc1c(C(OI)(c2ccccc2C)c2ccccc2F)nn2cc(Cl)c(C(=O)Nc3ncn(CC)n3)cc12. The fourth-order valence-corrected chi connectivity index (χ4v) is 5.74. The van der Waals surface area contributed by atoms with E-state index in [1.807, 2.05) is 68.0 Å². The Morgan fingerprint density at radius 1 is 1.13 bits per heavy atom. The minimum atomic E-state index is -1.37. The van der Waals surface area contributed by atoms with Gasteiger partial charge in [-0.2, -0.15) is 5.10 Å². The van der Waals surface area contributed by atoms with E-state index < -0.39 is 17.3 Å². The lowest BCUT2D eigenvalue weighted by atomic mass is 9.79. The number of halogens is 3. The third-order valence-corrected chi connectivity index (χ3v) is 7.70. The molecule has 8 nitrogen and oxygen atoms in total. The maximum Gasteiger partial charge on any atom is 0.259 e. The molecule has 11 heteroatoms. The summed E-state index contributed by atoms with van der Waals surface area (Å²) in [4.78, 5) is 17.3. The highest BCUT2D eigenvalue weighted by molar-refractivity contribution is 14.1. The van der Waals surface area contributed by atoms with Crippen LogP contribution in [0.2, 0.25) is 5.02 Å². The highest BCUT2D eigenvalue weighted by Crippen LogP contribution is 2.46. The Morgan fingerprint density at radius 2 is 1.85 bits per heavy atom. The molecule has 1 atom stereocenters. The van der Waals surface area contributed by atoms with Crippen LogP contribution in [0.5, 0.6) is 0 Å². The summed E-state index contributed by atoms with van der Waals surface area (Å²) < 4.78 is 25.0. The first kappa shape index (κ1) is 27.2. The highest BCUT2D eigenvalue weighted by atomic mass is 127. The maximum absolute atomic E-state index is 15.5. The van der Waals surface area contributed by atoms with E-state index in [4.69, 9.17) is 19.8 Å². The number of carbonyl (C=O) groups is 1. The maximum atomic E-state index is 15.5. The Labute approximate surface area is 243 Å². The molecule has 1 N–H and O–H groups in total. The van der Waals surface area contributed by atoms with Crippen molar-refractivity contribution in [2.45, 2.75) is 39.3 Å². The summed E-state index contributed by atoms with van der Waals surface area (Å²) in [5.41, 5.74) is 2.80. The number of amides is 1. The normalized spacial score (nSPS) is 13.0. The van der Waals surface area contributed by atoms with Gasteiger partial charge in [0.15, 0.2) is 5.60 Å². The Hall–Kier alpha value is -3.35. The van der Waals surface area contributed by atoms with Gasteiger partial charge < -0.3 is 0 Å². The Balaban J connectivity index is 1.73. The minimum Gasteiger partial charge on any atom is -0.293 e. The average molecular weight is 659 g/mol. The molecule has 0 radical (unpaired) electrons. The van der Waals surface area contributed by atoms with Gasteiger partial charge in [-0.25, -0.2) is 13.9 Å². The van der Waals surface area contributed by atoms with Gasteiger partial charge in [0.25, 0.3) is 5.91 Å². The molecule has 5 rings (SSSR count). The van der Waals surface area contributed by atoms with E-state index in [9.17, 15) is 4.79 Å². The first-order chi connectivity index (χ1) is 18.8. The zero-order chi connectivity index (χ0) is 27.7. The predicted molar refractivity (Wildman–Crippen MR) is 156 cm³/mol. The van der Waals surface area contributed by atoms with Crippen LogP contribution in [0.25, 0.3) is 5.52 Å². The minimum absolute atomic E-state index is 0.180.